The molecule has 7 heteroatoms. The first-order valence-corrected chi connectivity index (χ1v) is 6.37. The summed E-state index contributed by atoms with van der Waals surface area (Å²) in [5.41, 5.74) is 6.49. The number of nitrogen functional groups attached to an aromatic ring is 1. The lowest BCUT2D eigenvalue weighted by atomic mass is 10.2. The number of hydrogen-bond acceptors (Lipinski definition) is 4. The van der Waals surface area contributed by atoms with Gasteiger partial charge in [0.05, 0.1) is 15.6 Å². The van der Waals surface area contributed by atoms with E-state index in [4.69, 9.17) is 28.9 Å². The lowest BCUT2D eigenvalue weighted by Gasteiger charge is -2.10. The van der Waals surface area contributed by atoms with Crippen LogP contribution < -0.4 is 16.6 Å². The van der Waals surface area contributed by atoms with Crippen LogP contribution in [0.5, 0.6) is 0 Å². The lowest BCUT2D eigenvalue weighted by molar-refractivity contribution is 1.02. The van der Waals surface area contributed by atoms with Crippen molar-refractivity contribution in [3.63, 3.8) is 0 Å². The van der Waals surface area contributed by atoms with Gasteiger partial charge in [-0.15, -0.1) is 0 Å². The predicted molar refractivity (Wildman–Crippen MR) is 78.4 cm³/mol. The molecule has 0 fully saturated rings. The van der Waals surface area contributed by atoms with Crippen LogP contribution >= 0.6 is 23.2 Å². The third-order valence-electron chi connectivity index (χ3n) is 2.57. The molecule has 0 aliphatic carbocycles. The fourth-order valence-corrected chi connectivity index (χ4v) is 1.96. The highest BCUT2D eigenvalue weighted by molar-refractivity contribution is 6.42. The quantitative estimate of drug-likeness (QED) is 0.813. The number of aromatic amines is 1. The van der Waals surface area contributed by atoms with Crippen LogP contribution in [0.4, 0.5) is 17.5 Å². The second-order valence-corrected chi connectivity index (χ2v) is 4.70. The van der Waals surface area contributed by atoms with Crippen molar-refractivity contribution in [3.05, 3.63) is 44.2 Å². The van der Waals surface area contributed by atoms with Gasteiger partial charge in [0.15, 0.2) is 0 Å². The zero-order valence-electron chi connectivity index (χ0n) is 10.1. The minimum atomic E-state index is -0.252. The molecule has 4 N–H and O–H groups in total. The third-order valence-corrected chi connectivity index (χ3v) is 3.31. The molecule has 0 saturated carbocycles. The highest BCUT2D eigenvalue weighted by Crippen LogP contribution is 2.27. The monoisotopic (exact) mass is 298 g/mol. The molecule has 0 aliphatic rings. The summed E-state index contributed by atoms with van der Waals surface area (Å²) < 4.78 is 0. The SMILES string of the molecule is CCc1c(Nc2ccc(Cl)c(Cl)c2)nc(N)[nH]c1=O. The smallest absolute Gasteiger partial charge is 0.257 e. The molecule has 1 heterocycles. The Kier molecular flexibility index (Phi) is 3.97. The molecular weight excluding hydrogens is 287 g/mol. The first kappa shape index (κ1) is 13.7. The fraction of sp³-hybridized carbons (Fsp3) is 0.167. The van der Waals surface area contributed by atoms with Gasteiger partial charge in [-0.1, -0.05) is 30.1 Å². The van der Waals surface area contributed by atoms with Crippen LogP contribution in [0.2, 0.25) is 10.0 Å². The molecule has 100 valence electrons. The van der Waals surface area contributed by atoms with Gasteiger partial charge in [0, 0.05) is 5.69 Å². The van der Waals surface area contributed by atoms with Gasteiger partial charge in [0.2, 0.25) is 5.95 Å². The largest absolute Gasteiger partial charge is 0.369 e. The van der Waals surface area contributed by atoms with Crippen LogP contribution in [-0.4, -0.2) is 9.97 Å². The molecule has 0 spiro atoms. The summed E-state index contributed by atoms with van der Waals surface area (Å²) >= 11 is 11.8. The molecule has 0 radical (unpaired) electrons. The third kappa shape index (κ3) is 3.00. The topological polar surface area (TPSA) is 83.8 Å². The number of benzene rings is 1. The standard InChI is InChI=1S/C12H12Cl2N4O/c1-2-7-10(17-12(15)18-11(7)19)16-6-3-4-8(13)9(14)5-6/h3-5H,2H2,1H3,(H4,15,16,17,18,19). The Labute approximate surface area is 119 Å². The molecule has 0 saturated heterocycles. The van der Waals surface area contributed by atoms with Crippen LogP contribution in [0, 0.1) is 0 Å². The molecule has 2 rings (SSSR count). The second kappa shape index (κ2) is 5.50. The second-order valence-electron chi connectivity index (χ2n) is 3.89. The average molecular weight is 299 g/mol. The molecule has 0 amide bonds. The summed E-state index contributed by atoms with van der Waals surface area (Å²) in [6.07, 6.45) is 0.534. The Morgan fingerprint density at radius 2 is 2.11 bits per heavy atom. The molecule has 1 aromatic heterocycles. The maximum absolute atomic E-state index is 11.7. The van der Waals surface area contributed by atoms with E-state index in [0.29, 0.717) is 33.5 Å². The minimum Gasteiger partial charge on any atom is -0.369 e. The fourth-order valence-electron chi connectivity index (χ4n) is 1.66. The molecule has 2 aromatic rings. The van der Waals surface area contributed by atoms with Crippen molar-refractivity contribution in [3.8, 4) is 0 Å². The highest BCUT2D eigenvalue weighted by atomic mass is 35.5. The summed E-state index contributed by atoms with van der Waals surface area (Å²) in [5, 5.41) is 3.90. The maximum Gasteiger partial charge on any atom is 0.257 e. The Bertz CT molecular complexity index is 669. The Balaban J connectivity index is 2.42. The average Bonchev–Trinajstić information content (AvgIpc) is 2.33. The Hall–Kier alpha value is -1.72. The van der Waals surface area contributed by atoms with Crippen molar-refractivity contribution in [1.82, 2.24) is 9.97 Å². The number of H-pyrrole nitrogens is 1. The predicted octanol–water partition coefficient (Wildman–Crippen LogP) is 2.96. The van der Waals surface area contributed by atoms with Crippen LogP contribution in [0.25, 0.3) is 0 Å². The minimum absolute atomic E-state index is 0.0600. The number of nitrogens with two attached hydrogens (primary N) is 1. The highest BCUT2D eigenvalue weighted by Gasteiger charge is 2.09. The van der Waals surface area contributed by atoms with E-state index in [-0.39, 0.29) is 11.5 Å². The summed E-state index contributed by atoms with van der Waals surface area (Å²) in [5.74, 6) is 0.479. The van der Waals surface area contributed by atoms with E-state index in [9.17, 15) is 4.79 Å². The zero-order valence-corrected chi connectivity index (χ0v) is 11.6. The summed E-state index contributed by atoms with van der Waals surface area (Å²) in [4.78, 5) is 18.3. The van der Waals surface area contributed by atoms with E-state index in [1.165, 1.54) is 0 Å². The molecular formula is C12H12Cl2N4O. The van der Waals surface area contributed by atoms with Crippen molar-refractivity contribution in [2.45, 2.75) is 13.3 Å². The Morgan fingerprint density at radius 1 is 1.37 bits per heavy atom. The molecule has 0 bridgehead atoms. The van der Waals surface area contributed by atoms with Crippen LogP contribution in [0.15, 0.2) is 23.0 Å². The normalized spacial score (nSPS) is 10.5. The molecule has 0 atom stereocenters. The molecule has 0 unspecified atom stereocenters. The van der Waals surface area contributed by atoms with Gasteiger partial charge in [-0.2, -0.15) is 4.98 Å². The van der Waals surface area contributed by atoms with E-state index in [0.717, 1.165) is 0 Å². The number of nitrogens with zero attached hydrogens (tertiary/aromatic N) is 1. The summed E-state index contributed by atoms with van der Waals surface area (Å²) in [6, 6.07) is 5.06. The van der Waals surface area contributed by atoms with Gasteiger partial charge in [-0.05, 0) is 24.6 Å². The van der Waals surface area contributed by atoms with Gasteiger partial charge >= 0.3 is 0 Å². The van der Waals surface area contributed by atoms with E-state index < -0.39 is 0 Å². The zero-order chi connectivity index (χ0) is 14.0. The Morgan fingerprint density at radius 3 is 2.74 bits per heavy atom. The number of hydrogen-bond donors (Lipinski definition) is 3. The van der Waals surface area contributed by atoms with Gasteiger partial charge in [-0.3, -0.25) is 9.78 Å². The van der Waals surface area contributed by atoms with Crippen molar-refractivity contribution in [2.75, 3.05) is 11.1 Å². The number of nitrogens with one attached hydrogen (secondary N) is 2. The number of aromatic nitrogens is 2. The van der Waals surface area contributed by atoms with Crippen molar-refractivity contribution >= 4 is 40.7 Å². The molecule has 1 aromatic carbocycles. The van der Waals surface area contributed by atoms with Crippen molar-refractivity contribution in [1.29, 1.82) is 0 Å². The van der Waals surface area contributed by atoms with Gasteiger partial charge < -0.3 is 11.1 Å². The van der Waals surface area contributed by atoms with Gasteiger partial charge in [0.1, 0.15) is 5.82 Å². The van der Waals surface area contributed by atoms with Crippen LogP contribution in [0.1, 0.15) is 12.5 Å². The maximum atomic E-state index is 11.7. The molecule has 19 heavy (non-hydrogen) atoms. The van der Waals surface area contributed by atoms with Crippen molar-refractivity contribution in [2.24, 2.45) is 0 Å². The summed E-state index contributed by atoms with van der Waals surface area (Å²) in [6.45, 7) is 1.86. The molecule has 5 nitrogen and oxygen atoms in total. The van der Waals surface area contributed by atoms with E-state index in [1.807, 2.05) is 6.92 Å². The van der Waals surface area contributed by atoms with Crippen LogP contribution in [-0.2, 0) is 6.42 Å². The number of rotatable bonds is 3. The van der Waals surface area contributed by atoms with E-state index in [1.54, 1.807) is 18.2 Å². The molecule has 0 aliphatic heterocycles. The van der Waals surface area contributed by atoms with E-state index in [2.05, 4.69) is 15.3 Å². The van der Waals surface area contributed by atoms with Gasteiger partial charge in [-0.25, -0.2) is 0 Å². The first-order valence-electron chi connectivity index (χ1n) is 5.62. The first-order chi connectivity index (χ1) is 9.01. The number of anilines is 3. The van der Waals surface area contributed by atoms with Crippen LogP contribution in [0.3, 0.4) is 0 Å². The van der Waals surface area contributed by atoms with Crippen molar-refractivity contribution < 1.29 is 0 Å². The summed E-state index contributed by atoms with van der Waals surface area (Å²) in [7, 11) is 0. The number of halogens is 2. The lowest BCUT2D eigenvalue weighted by Crippen LogP contribution is -2.18. The van der Waals surface area contributed by atoms with E-state index >= 15 is 0 Å². The van der Waals surface area contributed by atoms with Gasteiger partial charge in [0.25, 0.3) is 5.56 Å².